The lowest BCUT2D eigenvalue weighted by atomic mass is 10.2. The molecule has 1 amide bonds. The average Bonchev–Trinajstić information content (AvgIpc) is 3.06. The van der Waals surface area contributed by atoms with E-state index in [1.54, 1.807) is 30.3 Å². The first-order chi connectivity index (χ1) is 12.0. The van der Waals surface area contributed by atoms with Crippen molar-refractivity contribution in [2.75, 3.05) is 6.54 Å². The van der Waals surface area contributed by atoms with Gasteiger partial charge in [-0.15, -0.1) is 16.4 Å². The number of aromatic nitrogens is 3. The van der Waals surface area contributed by atoms with Gasteiger partial charge in [0.1, 0.15) is 12.1 Å². The lowest BCUT2D eigenvalue weighted by Gasteiger charge is -2.07. The molecule has 3 aromatic rings. The molecule has 8 nitrogen and oxygen atoms in total. The van der Waals surface area contributed by atoms with Gasteiger partial charge in [-0.2, -0.15) is 4.68 Å². The number of thiophene rings is 1. The van der Waals surface area contributed by atoms with E-state index in [0.29, 0.717) is 15.8 Å². The largest absolute Gasteiger partial charge is 0.441 e. The maximum absolute atomic E-state index is 12.2. The number of nitrogens with zero attached hydrogens (tertiary/aromatic N) is 3. The predicted octanol–water partition coefficient (Wildman–Crippen LogP) is 1.09. The first kappa shape index (κ1) is 16.8. The highest BCUT2D eigenvalue weighted by Crippen LogP contribution is 2.14. The van der Waals surface area contributed by atoms with Crippen LogP contribution in [-0.2, 0) is 16.3 Å². The van der Waals surface area contributed by atoms with Crippen molar-refractivity contribution in [3.8, 4) is 0 Å². The third-order valence-electron chi connectivity index (χ3n) is 3.33. The first-order valence-electron chi connectivity index (χ1n) is 7.37. The van der Waals surface area contributed by atoms with Crippen LogP contribution in [0.3, 0.4) is 0 Å². The molecule has 2 aromatic heterocycles. The van der Waals surface area contributed by atoms with Crippen LogP contribution < -0.4 is 10.9 Å². The van der Waals surface area contributed by atoms with Gasteiger partial charge in [-0.25, -0.2) is 0 Å². The SMILES string of the molecule is Cc1ccc(C(=O)NCC(=O)OCn2nnc3ccccc3c2=O)s1. The minimum absolute atomic E-state index is 0.300. The molecular formula is C16H14N4O4S. The van der Waals surface area contributed by atoms with Crippen LogP contribution in [-0.4, -0.2) is 33.4 Å². The summed E-state index contributed by atoms with van der Waals surface area (Å²) in [7, 11) is 0. The van der Waals surface area contributed by atoms with E-state index in [1.165, 1.54) is 11.3 Å². The molecule has 25 heavy (non-hydrogen) atoms. The number of rotatable bonds is 5. The van der Waals surface area contributed by atoms with E-state index in [4.69, 9.17) is 4.74 Å². The zero-order chi connectivity index (χ0) is 17.8. The number of benzene rings is 1. The molecule has 9 heteroatoms. The smallest absolute Gasteiger partial charge is 0.327 e. The zero-order valence-electron chi connectivity index (χ0n) is 13.3. The van der Waals surface area contributed by atoms with Crippen LogP contribution in [0.1, 0.15) is 14.5 Å². The van der Waals surface area contributed by atoms with Gasteiger partial charge in [-0.1, -0.05) is 17.3 Å². The van der Waals surface area contributed by atoms with Gasteiger partial charge in [0.25, 0.3) is 11.5 Å². The number of carbonyl (C=O) groups is 2. The Kier molecular flexibility index (Phi) is 4.85. The minimum atomic E-state index is -0.677. The molecule has 1 N–H and O–H groups in total. The molecule has 0 bridgehead atoms. The van der Waals surface area contributed by atoms with Gasteiger partial charge in [-0.3, -0.25) is 14.4 Å². The topological polar surface area (TPSA) is 103 Å². The molecule has 3 rings (SSSR count). The molecule has 0 radical (unpaired) electrons. The molecule has 0 aliphatic heterocycles. The molecule has 0 aliphatic rings. The van der Waals surface area contributed by atoms with Crippen molar-refractivity contribution in [3.63, 3.8) is 0 Å². The number of hydrogen-bond donors (Lipinski definition) is 1. The third kappa shape index (κ3) is 3.89. The van der Waals surface area contributed by atoms with Crippen molar-refractivity contribution in [1.82, 2.24) is 20.3 Å². The number of fused-ring (bicyclic) bond motifs is 1. The van der Waals surface area contributed by atoms with Crippen LogP contribution in [0.5, 0.6) is 0 Å². The van der Waals surface area contributed by atoms with Gasteiger partial charge >= 0.3 is 5.97 Å². The van der Waals surface area contributed by atoms with Crippen LogP contribution in [0.15, 0.2) is 41.2 Å². The molecule has 2 heterocycles. The van der Waals surface area contributed by atoms with Gasteiger partial charge < -0.3 is 10.1 Å². The standard InChI is InChI=1S/C16H14N4O4S/c1-10-6-7-13(25-10)15(22)17-8-14(21)24-9-20-16(23)11-4-2-3-5-12(11)18-19-20/h2-7H,8-9H2,1H3,(H,17,22). The van der Waals surface area contributed by atoms with E-state index < -0.39 is 11.5 Å². The van der Waals surface area contributed by atoms with Crippen molar-refractivity contribution in [2.24, 2.45) is 0 Å². The quantitative estimate of drug-likeness (QED) is 0.685. The molecule has 0 spiro atoms. The fourth-order valence-electron chi connectivity index (χ4n) is 2.09. The Morgan fingerprint density at radius 1 is 1.24 bits per heavy atom. The summed E-state index contributed by atoms with van der Waals surface area (Å²) in [6.45, 7) is 1.22. The number of ether oxygens (including phenoxy) is 1. The molecule has 0 saturated heterocycles. The second kappa shape index (κ2) is 7.22. The summed E-state index contributed by atoms with van der Waals surface area (Å²) in [5.74, 6) is -1.03. The molecular weight excluding hydrogens is 344 g/mol. The maximum Gasteiger partial charge on any atom is 0.327 e. The van der Waals surface area contributed by atoms with Gasteiger partial charge in [0.15, 0.2) is 6.73 Å². The average molecular weight is 358 g/mol. The Hall–Kier alpha value is -3.07. The van der Waals surface area contributed by atoms with Crippen molar-refractivity contribution < 1.29 is 14.3 Å². The summed E-state index contributed by atoms with van der Waals surface area (Å²) >= 11 is 1.33. The number of hydrogen-bond acceptors (Lipinski definition) is 7. The second-order valence-corrected chi connectivity index (χ2v) is 6.44. The van der Waals surface area contributed by atoms with Gasteiger partial charge in [0, 0.05) is 4.88 Å². The summed E-state index contributed by atoms with van der Waals surface area (Å²) in [4.78, 5) is 37.3. The Morgan fingerprint density at radius 3 is 2.80 bits per heavy atom. The highest BCUT2D eigenvalue weighted by Gasteiger charge is 2.12. The summed E-state index contributed by atoms with van der Waals surface area (Å²) in [6, 6.07) is 10.3. The van der Waals surface area contributed by atoms with E-state index in [1.807, 2.05) is 13.0 Å². The van der Waals surface area contributed by atoms with Crippen LogP contribution >= 0.6 is 11.3 Å². The fraction of sp³-hybridized carbons (Fsp3) is 0.188. The molecule has 128 valence electrons. The van der Waals surface area contributed by atoms with Crippen molar-refractivity contribution in [3.05, 3.63) is 56.5 Å². The van der Waals surface area contributed by atoms with Gasteiger partial charge in [0.05, 0.1) is 10.3 Å². The van der Waals surface area contributed by atoms with E-state index >= 15 is 0 Å². The maximum atomic E-state index is 12.2. The lowest BCUT2D eigenvalue weighted by molar-refractivity contribution is -0.146. The summed E-state index contributed by atoms with van der Waals surface area (Å²) in [5.41, 5.74) is 0.0603. The number of amides is 1. The Morgan fingerprint density at radius 2 is 2.04 bits per heavy atom. The van der Waals surface area contributed by atoms with Crippen molar-refractivity contribution in [1.29, 1.82) is 0 Å². The van der Waals surface area contributed by atoms with Crippen LogP contribution in [0, 0.1) is 6.92 Å². The zero-order valence-corrected chi connectivity index (χ0v) is 14.1. The van der Waals surface area contributed by atoms with Crippen molar-refractivity contribution >= 4 is 34.1 Å². The Bertz CT molecular complexity index is 995. The normalized spacial score (nSPS) is 10.6. The van der Waals surface area contributed by atoms with Crippen LogP contribution in [0.25, 0.3) is 10.9 Å². The third-order valence-corrected chi connectivity index (χ3v) is 4.33. The highest BCUT2D eigenvalue weighted by molar-refractivity contribution is 7.13. The number of aryl methyl sites for hydroxylation is 1. The molecule has 1 aromatic carbocycles. The lowest BCUT2D eigenvalue weighted by Crippen LogP contribution is -2.32. The van der Waals surface area contributed by atoms with Gasteiger partial charge in [-0.05, 0) is 31.2 Å². The summed E-state index contributed by atoms with van der Waals surface area (Å²) in [6.07, 6.45) is 0. The summed E-state index contributed by atoms with van der Waals surface area (Å²) < 4.78 is 5.91. The molecule has 0 fully saturated rings. The van der Waals surface area contributed by atoms with E-state index in [9.17, 15) is 14.4 Å². The number of nitrogens with one attached hydrogen (secondary N) is 1. The summed E-state index contributed by atoms with van der Waals surface area (Å²) in [5, 5.41) is 10.5. The molecule has 0 atom stereocenters. The number of esters is 1. The van der Waals surface area contributed by atoms with E-state index in [-0.39, 0.29) is 19.2 Å². The van der Waals surface area contributed by atoms with Crippen LogP contribution in [0.4, 0.5) is 0 Å². The number of carbonyl (C=O) groups excluding carboxylic acids is 2. The predicted molar refractivity (Wildman–Crippen MR) is 91.3 cm³/mol. The Balaban J connectivity index is 1.56. The van der Waals surface area contributed by atoms with Crippen molar-refractivity contribution in [2.45, 2.75) is 13.7 Å². The molecule has 0 aliphatic carbocycles. The monoisotopic (exact) mass is 358 g/mol. The minimum Gasteiger partial charge on any atom is -0.441 e. The molecule has 0 unspecified atom stereocenters. The molecule has 0 saturated carbocycles. The Labute approximate surface area is 146 Å². The fourth-order valence-corrected chi connectivity index (χ4v) is 2.87. The first-order valence-corrected chi connectivity index (χ1v) is 8.19. The van der Waals surface area contributed by atoms with E-state index in [2.05, 4.69) is 15.6 Å². The highest BCUT2D eigenvalue weighted by atomic mass is 32.1. The van der Waals surface area contributed by atoms with Gasteiger partial charge in [0.2, 0.25) is 0 Å². The van der Waals surface area contributed by atoms with E-state index in [0.717, 1.165) is 9.56 Å². The van der Waals surface area contributed by atoms with Crippen LogP contribution in [0.2, 0.25) is 0 Å². The second-order valence-electron chi connectivity index (χ2n) is 5.15.